The van der Waals surface area contributed by atoms with Crippen molar-refractivity contribution >= 4 is 19.3 Å². The number of carbonyl (C=O) groups excluding carboxylic acids is 1. The molecule has 116 valence electrons. The molecule has 0 atom stereocenters. The average molecular weight is 296 g/mol. The summed E-state index contributed by atoms with van der Waals surface area (Å²) in [5.41, 5.74) is 3.85. The number of nitrogens with zero attached hydrogens (tertiary/aromatic N) is 2. The lowest BCUT2D eigenvalue weighted by Gasteiger charge is -2.39. The Hall–Kier alpha value is -1.71. The van der Waals surface area contributed by atoms with Crippen molar-refractivity contribution in [2.24, 2.45) is 0 Å². The maximum Gasteiger partial charge on any atom is 0.200 e. The fourth-order valence-electron chi connectivity index (χ4n) is 2.88. The predicted molar refractivity (Wildman–Crippen MR) is 93.7 cm³/mol. The topological polar surface area (TPSA) is 23.6 Å². The molecule has 2 radical (unpaired) electrons. The van der Waals surface area contributed by atoms with Crippen LogP contribution in [0.4, 0.5) is 10.5 Å². The highest BCUT2D eigenvalue weighted by Crippen LogP contribution is 2.24. The Morgan fingerprint density at radius 2 is 1.86 bits per heavy atom. The van der Waals surface area contributed by atoms with E-state index in [0.29, 0.717) is 6.04 Å². The first-order valence-electron chi connectivity index (χ1n) is 7.98. The van der Waals surface area contributed by atoms with Crippen LogP contribution in [0.25, 0.3) is 0 Å². The zero-order valence-electron chi connectivity index (χ0n) is 13.9. The van der Waals surface area contributed by atoms with Crippen LogP contribution in [0.3, 0.4) is 0 Å². The van der Waals surface area contributed by atoms with Crippen molar-refractivity contribution in [1.82, 2.24) is 4.90 Å². The fourth-order valence-corrected chi connectivity index (χ4v) is 2.88. The molecule has 0 aromatic heterocycles. The first-order valence-corrected chi connectivity index (χ1v) is 7.98. The van der Waals surface area contributed by atoms with E-state index in [2.05, 4.69) is 56.0 Å². The molecule has 1 aromatic carbocycles. The second-order valence-electron chi connectivity index (χ2n) is 6.33. The number of aryl methyl sites for hydroxylation is 1. The second-order valence-corrected chi connectivity index (χ2v) is 6.33. The number of hydrogen-bond donors (Lipinski definition) is 0. The molecular weight excluding hydrogens is 271 g/mol. The summed E-state index contributed by atoms with van der Waals surface area (Å²) in [5, 5.41) is 0. The number of carbonyl (C=O) groups is 1. The molecule has 0 spiro atoms. The van der Waals surface area contributed by atoms with E-state index in [1.165, 1.54) is 16.8 Å². The number of hydrogen-bond acceptors (Lipinski definition) is 2. The van der Waals surface area contributed by atoms with Crippen molar-refractivity contribution in [1.29, 1.82) is 0 Å². The molecule has 0 aliphatic carbocycles. The summed E-state index contributed by atoms with van der Waals surface area (Å²) < 4.78 is 0. The van der Waals surface area contributed by atoms with E-state index in [1.807, 2.05) is 0 Å². The Morgan fingerprint density at radius 3 is 2.36 bits per heavy atom. The van der Waals surface area contributed by atoms with Gasteiger partial charge in [0.1, 0.15) is 0 Å². The van der Waals surface area contributed by atoms with Crippen LogP contribution >= 0.6 is 0 Å². The number of rotatable bonds is 4. The van der Waals surface area contributed by atoms with Gasteiger partial charge in [-0.3, -0.25) is 4.79 Å². The average Bonchev–Trinajstić information content (AvgIpc) is 2.49. The normalized spacial score (nSPS) is 15.5. The number of amides is 1. The highest BCUT2D eigenvalue weighted by molar-refractivity contribution is 6.56. The first kappa shape index (κ1) is 16.7. The maximum atomic E-state index is 11.3. The van der Waals surface area contributed by atoms with Crippen LogP contribution in [0.5, 0.6) is 0 Å². The summed E-state index contributed by atoms with van der Waals surface area (Å²) in [4.78, 5) is 15.5. The first-order chi connectivity index (χ1) is 10.5. The van der Waals surface area contributed by atoms with Gasteiger partial charge in [-0.2, -0.15) is 0 Å². The van der Waals surface area contributed by atoms with Gasteiger partial charge in [0.15, 0.2) is 5.81 Å². The van der Waals surface area contributed by atoms with Gasteiger partial charge in [-0.15, -0.1) is 0 Å². The van der Waals surface area contributed by atoms with E-state index in [4.69, 9.17) is 7.85 Å². The number of piperidine rings is 1. The Kier molecular flexibility index (Phi) is 5.70. The summed E-state index contributed by atoms with van der Waals surface area (Å²) >= 11 is 0. The second kappa shape index (κ2) is 7.53. The van der Waals surface area contributed by atoms with Gasteiger partial charge in [-0.25, -0.2) is 0 Å². The van der Waals surface area contributed by atoms with E-state index in [0.717, 1.165) is 32.5 Å². The molecule has 4 heteroatoms. The van der Waals surface area contributed by atoms with Crippen molar-refractivity contribution in [3.8, 4) is 0 Å². The van der Waals surface area contributed by atoms with E-state index in [-0.39, 0.29) is 5.81 Å². The van der Waals surface area contributed by atoms with Crippen LogP contribution in [-0.2, 0) is 0 Å². The Bertz CT molecular complexity index is 527. The number of benzene rings is 1. The van der Waals surface area contributed by atoms with Gasteiger partial charge in [0.25, 0.3) is 0 Å². The van der Waals surface area contributed by atoms with Crippen LogP contribution < -0.4 is 4.90 Å². The monoisotopic (exact) mass is 296 g/mol. The third-order valence-electron chi connectivity index (χ3n) is 4.28. The van der Waals surface area contributed by atoms with Crippen molar-refractivity contribution in [2.75, 3.05) is 24.5 Å². The van der Waals surface area contributed by atoms with Crippen LogP contribution in [0.1, 0.15) is 32.3 Å². The SMILES string of the molecule is [B]C(=O)N1CCC(N(CC=C(C)C)c2ccc(C)cc2)CC1. The third kappa shape index (κ3) is 4.39. The summed E-state index contributed by atoms with van der Waals surface area (Å²) in [6, 6.07) is 9.14. The van der Waals surface area contributed by atoms with Gasteiger partial charge in [0, 0.05) is 31.4 Å². The van der Waals surface area contributed by atoms with Crippen LogP contribution in [0.15, 0.2) is 35.9 Å². The molecule has 22 heavy (non-hydrogen) atoms. The van der Waals surface area contributed by atoms with Gasteiger partial charge in [-0.1, -0.05) is 29.3 Å². The highest BCUT2D eigenvalue weighted by Gasteiger charge is 2.25. The third-order valence-corrected chi connectivity index (χ3v) is 4.28. The largest absolute Gasteiger partial charge is 0.365 e. The van der Waals surface area contributed by atoms with Crippen molar-refractivity contribution in [2.45, 2.75) is 39.7 Å². The predicted octanol–water partition coefficient (Wildman–Crippen LogP) is 3.52. The number of likely N-dealkylation sites (tertiary alicyclic amines) is 1. The van der Waals surface area contributed by atoms with Crippen molar-refractivity contribution in [3.63, 3.8) is 0 Å². The fraction of sp³-hybridized carbons (Fsp3) is 0.500. The molecule has 1 heterocycles. The molecule has 1 aromatic rings. The minimum absolute atomic E-state index is 0.301. The number of anilines is 1. The minimum atomic E-state index is -0.301. The Balaban J connectivity index is 2.13. The molecule has 0 bridgehead atoms. The molecule has 3 nitrogen and oxygen atoms in total. The lowest BCUT2D eigenvalue weighted by molar-refractivity contribution is 0.203. The van der Waals surface area contributed by atoms with Gasteiger partial charge in [0.05, 0.1) is 0 Å². The van der Waals surface area contributed by atoms with Crippen molar-refractivity contribution < 1.29 is 4.79 Å². The quantitative estimate of drug-likeness (QED) is 0.627. The minimum Gasteiger partial charge on any atom is -0.365 e. The van der Waals surface area contributed by atoms with Gasteiger partial charge in [-0.05, 0) is 45.7 Å². The van der Waals surface area contributed by atoms with Gasteiger partial charge < -0.3 is 9.80 Å². The lowest BCUT2D eigenvalue weighted by atomic mass is 9.99. The van der Waals surface area contributed by atoms with E-state index in [1.54, 1.807) is 4.90 Å². The molecule has 1 amide bonds. The summed E-state index contributed by atoms with van der Waals surface area (Å²) in [7, 11) is 5.38. The molecule has 1 aliphatic rings. The van der Waals surface area contributed by atoms with Crippen LogP contribution in [0.2, 0.25) is 0 Å². The molecule has 2 rings (SSSR count). The summed E-state index contributed by atoms with van der Waals surface area (Å²) in [5.74, 6) is -0.301. The molecule has 1 fully saturated rings. The molecule has 0 saturated carbocycles. The van der Waals surface area contributed by atoms with Gasteiger partial charge in [0.2, 0.25) is 7.85 Å². The maximum absolute atomic E-state index is 11.3. The molecular formula is C18H25BN2O. The summed E-state index contributed by atoms with van der Waals surface area (Å²) in [6.07, 6.45) is 4.20. The Labute approximate surface area is 135 Å². The van der Waals surface area contributed by atoms with E-state index in [9.17, 15) is 4.79 Å². The molecule has 1 saturated heterocycles. The Morgan fingerprint density at radius 1 is 1.27 bits per heavy atom. The lowest BCUT2D eigenvalue weighted by Crippen LogP contribution is -2.46. The standard InChI is InChI=1S/C18H25BN2O/c1-14(2)8-13-21(16-6-4-15(3)5-7-16)17-9-11-20(12-10-17)18(19)22/h4-8,17H,9-13H2,1-3H3. The molecule has 1 aliphatic heterocycles. The van der Waals surface area contributed by atoms with Crippen LogP contribution in [0, 0.1) is 6.92 Å². The van der Waals surface area contributed by atoms with Gasteiger partial charge >= 0.3 is 0 Å². The van der Waals surface area contributed by atoms with E-state index >= 15 is 0 Å². The smallest absolute Gasteiger partial charge is 0.200 e. The van der Waals surface area contributed by atoms with Crippen LogP contribution in [-0.4, -0.2) is 44.2 Å². The zero-order valence-corrected chi connectivity index (χ0v) is 13.9. The van der Waals surface area contributed by atoms with E-state index < -0.39 is 0 Å². The number of allylic oxidation sites excluding steroid dienone is 1. The molecule has 0 unspecified atom stereocenters. The summed E-state index contributed by atoms with van der Waals surface area (Å²) in [6.45, 7) is 8.77. The van der Waals surface area contributed by atoms with Crippen molar-refractivity contribution in [3.05, 3.63) is 41.5 Å². The highest BCUT2D eigenvalue weighted by atomic mass is 16.1. The molecule has 0 N–H and O–H groups in total. The zero-order chi connectivity index (χ0) is 16.1.